The number of hydrogen-bond donors (Lipinski definition) is 1. The van der Waals surface area contributed by atoms with Crippen molar-refractivity contribution < 1.29 is 9.59 Å². The normalized spacial score (nSPS) is 37.6. The van der Waals surface area contributed by atoms with E-state index in [1.165, 1.54) is 6.42 Å². The average Bonchev–Trinajstić information content (AvgIpc) is 2.59. The molecule has 18 heavy (non-hydrogen) atoms. The summed E-state index contributed by atoms with van der Waals surface area (Å²) in [5.74, 6) is 1.35. The van der Waals surface area contributed by atoms with E-state index in [4.69, 9.17) is 0 Å². The molecule has 4 heteroatoms. The summed E-state index contributed by atoms with van der Waals surface area (Å²) in [6, 6.07) is 0.0114. The number of nitrogens with zero attached hydrogens (tertiary/aromatic N) is 1. The number of carbonyl (C=O) groups excluding carboxylic acids is 2. The van der Waals surface area contributed by atoms with Crippen molar-refractivity contribution in [2.24, 2.45) is 11.8 Å². The quantitative estimate of drug-likeness (QED) is 0.810. The smallest absolute Gasteiger partial charge is 0.245 e. The van der Waals surface area contributed by atoms with Gasteiger partial charge in [-0.25, -0.2) is 0 Å². The molecule has 2 amide bonds. The highest BCUT2D eigenvalue weighted by Gasteiger charge is 2.39. The van der Waals surface area contributed by atoms with Crippen LogP contribution in [0.1, 0.15) is 46.5 Å². The van der Waals surface area contributed by atoms with E-state index in [2.05, 4.69) is 19.2 Å². The van der Waals surface area contributed by atoms with Crippen LogP contribution in [0.2, 0.25) is 0 Å². The van der Waals surface area contributed by atoms with Gasteiger partial charge in [0.2, 0.25) is 11.8 Å². The van der Waals surface area contributed by atoms with Crippen LogP contribution >= 0.6 is 0 Å². The molecule has 0 radical (unpaired) electrons. The monoisotopic (exact) mass is 252 g/mol. The molecule has 2 rings (SSSR count). The van der Waals surface area contributed by atoms with Crippen molar-refractivity contribution in [2.45, 2.75) is 58.5 Å². The second kappa shape index (κ2) is 5.29. The minimum absolute atomic E-state index is 0.0106. The van der Waals surface area contributed by atoms with Crippen LogP contribution in [0.3, 0.4) is 0 Å². The van der Waals surface area contributed by atoms with E-state index in [0.717, 1.165) is 6.42 Å². The van der Waals surface area contributed by atoms with E-state index in [9.17, 15) is 9.59 Å². The third-order valence-corrected chi connectivity index (χ3v) is 4.73. The van der Waals surface area contributed by atoms with Gasteiger partial charge in [0.05, 0.1) is 0 Å². The van der Waals surface area contributed by atoms with Gasteiger partial charge in [0.1, 0.15) is 6.04 Å². The molecule has 2 aliphatic rings. The third kappa shape index (κ3) is 2.38. The van der Waals surface area contributed by atoms with Crippen molar-refractivity contribution in [1.82, 2.24) is 10.2 Å². The highest BCUT2D eigenvalue weighted by atomic mass is 16.2. The molecule has 2 fully saturated rings. The van der Waals surface area contributed by atoms with Gasteiger partial charge in [-0.3, -0.25) is 9.59 Å². The Morgan fingerprint density at radius 3 is 2.56 bits per heavy atom. The lowest BCUT2D eigenvalue weighted by atomic mass is 9.96. The molecule has 1 saturated carbocycles. The minimum Gasteiger partial charge on any atom is -0.344 e. The first-order valence-electron chi connectivity index (χ1n) is 7.14. The van der Waals surface area contributed by atoms with E-state index in [1.54, 1.807) is 0 Å². The van der Waals surface area contributed by atoms with Crippen molar-refractivity contribution in [3.8, 4) is 0 Å². The summed E-state index contributed by atoms with van der Waals surface area (Å²) in [5, 5.41) is 2.83. The molecule has 102 valence electrons. The van der Waals surface area contributed by atoms with Crippen molar-refractivity contribution in [1.29, 1.82) is 0 Å². The molecule has 4 unspecified atom stereocenters. The van der Waals surface area contributed by atoms with E-state index in [0.29, 0.717) is 37.3 Å². The lowest BCUT2D eigenvalue weighted by Crippen LogP contribution is -2.49. The number of amides is 2. The molecule has 1 aliphatic heterocycles. The maximum Gasteiger partial charge on any atom is 0.245 e. The number of carbonyl (C=O) groups is 2. The van der Waals surface area contributed by atoms with E-state index in [-0.39, 0.29) is 17.9 Å². The lowest BCUT2D eigenvalue weighted by molar-refractivity contribution is -0.136. The van der Waals surface area contributed by atoms with Gasteiger partial charge in [0.15, 0.2) is 0 Å². The first-order valence-corrected chi connectivity index (χ1v) is 7.14. The molecule has 4 atom stereocenters. The number of rotatable bonds is 2. The zero-order valence-electron chi connectivity index (χ0n) is 11.6. The van der Waals surface area contributed by atoms with E-state index in [1.807, 2.05) is 11.8 Å². The van der Waals surface area contributed by atoms with Gasteiger partial charge >= 0.3 is 0 Å². The summed E-state index contributed by atoms with van der Waals surface area (Å²) in [6.45, 7) is 7.03. The molecular weight excluding hydrogens is 228 g/mol. The molecule has 0 aromatic heterocycles. The largest absolute Gasteiger partial charge is 0.344 e. The number of hydrogen-bond acceptors (Lipinski definition) is 2. The van der Waals surface area contributed by atoms with Gasteiger partial charge < -0.3 is 10.2 Å². The van der Waals surface area contributed by atoms with Crippen LogP contribution < -0.4 is 5.32 Å². The maximum atomic E-state index is 12.5. The lowest BCUT2D eigenvalue weighted by Gasteiger charge is -2.33. The van der Waals surface area contributed by atoms with Gasteiger partial charge in [0.25, 0.3) is 0 Å². The fourth-order valence-corrected chi connectivity index (χ4v) is 3.24. The topological polar surface area (TPSA) is 49.4 Å². The van der Waals surface area contributed by atoms with Crippen LogP contribution in [0.4, 0.5) is 0 Å². The zero-order valence-corrected chi connectivity index (χ0v) is 11.6. The van der Waals surface area contributed by atoms with Crippen LogP contribution in [0.25, 0.3) is 0 Å². The van der Waals surface area contributed by atoms with Crippen molar-refractivity contribution in [3.05, 3.63) is 0 Å². The summed E-state index contributed by atoms with van der Waals surface area (Å²) in [4.78, 5) is 26.1. The molecule has 0 aromatic rings. The highest BCUT2D eigenvalue weighted by molar-refractivity contribution is 5.90. The fourth-order valence-electron chi connectivity index (χ4n) is 3.24. The summed E-state index contributed by atoms with van der Waals surface area (Å²) < 4.78 is 0. The summed E-state index contributed by atoms with van der Waals surface area (Å²) in [6.07, 6.45) is 3.39. The minimum atomic E-state index is -0.317. The van der Waals surface area contributed by atoms with Crippen LogP contribution in [0.5, 0.6) is 0 Å². The number of nitrogens with one attached hydrogen (secondary N) is 1. The Morgan fingerprint density at radius 1 is 1.28 bits per heavy atom. The summed E-state index contributed by atoms with van der Waals surface area (Å²) in [5.41, 5.74) is 0. The Bertz CT molecular complexity index is 343. The summed E-state index contributed by atoms with van der Waals surface area (Å²) >= 11 is 0. The molecule has 0 bridgehead atoms. The second-order valence-electron chi connectivity index (χ2n) is 5.79. The third-order valence-electron chi connectivity index (χ3n) is 4.73. The first-order chi connectivity index (χ1) is 8.54. The molecule has 0 aromatic carbocycles. The molecular formula is C14H24N2O2. The van der Waals surface area contributed by atoms with Crippen LogP contribution in [0, 0.1) is 11.8 Å². The SMILES string of the molecule is CCC1NC(=O)CCN(C2CCC(C)C2C)C1=O. The standard InChI is InChI=1S/C14H24N2O2/c1-4-11-14(18)16(8-7-13(17)15-11)12-6-5-9(2)10(12)3/h9-12H,4-8H2,1-3H3,(H,15,17). The predicted molar refractivity (Wildman–Crippen MR) is 69.9 cm³/mol. The Hall–Kier alpha value is -1.06. The Labute approximate surface area is 109 Å². The molecule has 4 nitrogen and oxygen atoms in total. The van der Waals surface area contributed by atoms with Crippen molar-refractivity contribution in [3.63, 3.8) is 0 Å². The molecule has 1 aliphatic carbocycles. The molecule has 1 heterocycles. The van der Waals surface area contributed by atoms with Crippen LogP contribution in [-0.2, 0) is 9.59 Å². The van der Waals surface area contributed by atoms with Gasteiger partial charge in [0, 0.05) is 19.0 Å². The molecule has 1 N–H and O–H groups in total. The Morgan fingerprint density at radius 2 is 2.00 bits per heavy atom. The Balaban J connectivity index is 2.15. The average molecular weight is 252 g/mol. The van der Waals surface area contributed by atoms with Crippen LogP contribution in [-0.4, -0.2) is 35.3 Å². The van der Waals surface area contributed by atoms with Gasteiger partial charge in [-0.2, -0.15) is 0 Å². The maximum absolute atomic E-state index is 12.5. The van der Waals surface area contributed by atoms with E-state index < -0.39 is 0 Å². The summed E-state index contributed by atoms with van der Waals surface area (Å²) in [7, 11) is 0. The first kappa shape index (κ1) is 13.4. The van der Waals surface area contributed by atoms with E-state index >= 15 is 0 Å². The second-order valence-corrected chi connectivity index (χ2v) is 5.79. The van der Waals surface area contributed by atoms with Gasteiger partial charge in [-0.15, -0.1) is 0 Å². The predicted octanol–water partition coefficient (Wildman–Crippen LogP) is 1.55. The van der Waals surface area contributed by atoms with Crippen molar-refractivity contribution in [2.75, 3.05) is 6.54 Å². The molecule has 1 saturated heterocycles. The van der Waals surface area contributed by atoms with Crippen LogP contribution in [0.15, 0.2) is 0 Å². The molecule has 0 spiro atoms. The Kier molecular flexibility index (Phi) is 3.93. The zero-order chi connectivity index (χ0) is 13.3. The van der Waals surface area contributed by atoms with Gasteiger partial charge in [-0.1, -0.05) is 20.8 Å². The van der Waals surface area contributed by atoms with Gasteiger partial charge in [-0.05, 0) is 31.1 Å². The highest BCUT2D eigenvalue weighted by Crippen LogP contribution is 2.35. The van der Waals surface area contributed by atoms with Crippen molar-refractivity contribution >= 4 is 11.8 Å². The fraction of sp³-hybridized carbons (Fsp3) is 0.857.